The van der Waals surface area contributed by atoms with Gasteiger partial charge in [0.2, 0.25) is 0 Å². The molecule has 3 rings (SSSR count). The van der Waals surface area contributed by atoms with Crippen LogP contribution in [-0.4, -0.2) is 0 Å². The number of fused-ring (bicyclic) bond motifs is 3. The van der Waals surface area contributed by atoms with E-state index in [4.69, 9.17) is 0 Å². The van der Waals surface area contributed by atoms with Crippen molar-refractivity contribution in [2.24, 2.45) is 0 Å². The molecule has 2 aromatic carbocycles. The predicted molar refractivity (Wildman–Crippen MR) is 73.6 cm³/mol. The highest BCUT2D eigenvalue weighted by atomic mass is 19.3. The first-order chi connectivity index (χ1) is 9.07. The third-order valence-corrected chi connectivity index (χ3v) is 3.95. The van der Waals surface area contributed by atoms with Crippen molar-refractivity contribution in [3.8, 4) is 11.1 Å². The second kappa shape index (κ2) is 4.16. The Kier molecular flexibility index (Phi) is 2.70. The van der Waals surface area contributed by atoms with E-state index >= 15 is 0 Å². The second-order valence-electron chi connectivity index (χ2n) is 5.04. The van der Waals surface area contributed by atoms with Crippen molar-refractivity contribution in [3.63, 3.8) is 0 Å². The van der Waals surface area contributed by atoms with E-state index < -0.39 is 5.92 Å². The summed E-state index contributed by atoms with van der Waals surface area (Å²) >= 11 is 0. The van der Waals surface area contributed by atoms with Gasteiger partial charge in [0.1, 0.15) is 0 Å². The van der Waals surface area contributed by atoms with Crippen molar-refractivity contribution in [2.45, 2.75) is 32.6 Å². The van der Waals surface area contributed by atoms with E-state index in [0.717, 1.165) is 24.0 Å². The Labute approximate surface area is 112 Å². The van der Waals surface area contributed by atoms with Crippen LogP contribution in [0.1, 0.15) is 36.1 Å². The van der Waals surface area contributed by atoms with Crippen molar-refractivity contribution in [1.82, 2.24) is 0 Å². The molecular formula is C17H16F2. The molecule has 0 saturated heterocycles. The summed E-state index contributed by atoms with van der Waals surface area (Å²) < 4.78 is 29.1. The fourth-order valence-electron chi connectivity index (χ4n) is 2.76. The average molecular weight is 258 g/mol. The van der Waals surface area contributed by atoms with Gasteiger partial charge in [0, 0.05) is 11.1 Å². The third kappa shape index (κ3) is 1.70. The molecule has 0 bridgehead atoms. The van der Waals surface area contributed by atoms with Crippen LogP contribution in [0, 0.1) is 0 Å². The number of hydrogen-bond acceptors (Lipinski definition) is 0. The zero-order chi connectivity index (χ0) is 13.6. The lowest BCUT2D eigenvalue weighted by atomic mass is 10.0. The molecule has 0 N–H and O–H groups in total. The molecule has 2 aromatic rings. The van der Waals surface area contributed by atoms with Crippen molar-refractivity contribution in [3.05, 3.63) is 58.7 Å². The minimum Gasteiger partial charge on any atom is -0.196 e. The molecule has 0 atom stereocenters. The summed E-state index contributed by atoms with van der Waals surface area (Å²) in [4.78, 5) is 0. The van der Waals surface area contributed by atoms with E-state index in [2.05, 4.69) is 0 Å². The van der Waals surface area contributed by atoms with Gasteiger partial charge in [-0.1, -0.05) is 38.1 Å². The zero-order valence-corrected chi connectivity index (χ0v) is 11.1. The highest BCUT2D eigenvalue weighted by molar-refractivity contribution is 5.80. The lowest BCUT2D eigenvalue weighted by Crippen LogP contribution is -2.11. The molecule has 0 radical (unpaired) electrons. The van der Waals surface area contributed by atoms with Crippen LogP contribution in [0.2, 0.25) is 0 Å². The number of benzene rings is 2. The molecule has 1 aliphatic carbocycles. The van der Waals surface area contributed by atoms with Gasteiger partial charge in [-0.3, -0.25) is 0 Å². The summed E-state index contributed by atoms with van der Waals surface area (Å²) in [5.74, 6) is -2.86. The van der Waals surface area contributed by atoms with Crippen molar-refractivity contribution >= 4 is 0 Å². The van der Waals surface area contributed by atoms with Crippen LogP contribution in [0.3, 0.4) is 0 Å². The van der Waals surface area contributed by atoms with E-state index in [1.54, 1.807) is 12.1 Å². The molecule has 1 aliphatic rings. The molecule has 0 fully saturated rings. The number of alkyl halides is 2. The molecule has 19 heavy (non-hydrogen) atoms. The Balaban J connectivity index is 2.26. The first kappa shape index (κ1) is 12.3. The maximum Gasteiger partial charge on any atom is 0.299 e. The molecule has 0 spiro atoms. The molecule has 0 aromatic heterocycles. The first-order valence-corrected chi connectivity index (χ1v) is 6.73. The molecule has 98 valence electrons. The van der Waals surface area contributed by atoms with Crippen molar-refractivity contribution in [1.29, 1.82) is 0 Å². The maximum absolute atomic E-state index is 14.6. The smallest absolute Gasteiger partial charge is 0.196 e. The number of aryl methyl sites for hydroxylation is 2. The molecule has 2 heteroatoms. The zero-order valence-electron chi connectivity index (χ0n) is 11.1. The topological polar surface area (TPSA) is 0 Å². The summed E-state index contributed by atoms with van der Waals surface area (Å²) in [6.07, 6.45) is 1.56. The fourth-order valence-corrected chi connectivity index (χ4v) is 2.76. The normalized spacial score (nSPS) is 15.2. The Morgan fingerprint density at radius 1 is 0.789 bits per heavy atom. The molecule has 0 nitrogen and oxygen atoms in total. The van der Waals surface area contributed by atoms with E-state index in [1.165, 1.54) is 0 Å². The Bertz CT molecular complexity index is 586. The van der Waals surface area contributed by atoms with Gasteiger partial charge in [-0.2, -0.15) is 8.78 Å². The molecule has 0 saturated carbocycles. The minimum atomic E-state index is -2.86. The van der Waals surface area contributed by atoms with Crippen molar-refractivity contribution in [2.75, 3.05) is 0 Å². The van der Waals surface area contributed by atoms with Gasteiger partial charge >= 0.3 is 0 Å². The quantitative estimate of drug-likeness (QED) is 0.716. The van der Waals surface area contributed by atoms with Crippen LogP contribution in [0.5, 0.6) is 0 Å². The van der Waals surface area contributed by atoms with E-state index in [9.17, 15) is 8.78 Å². The second-order valence-corrected chi connectivity index (χ2v) is 5.04. The molecule has 0 heterocycles. The summed E-state index contributed by atoms with van der Waals surface area (Å²) in [5.41, 5.74) is 3.61. The van der Waals surface area contributed by atoms with Gasteiger partial charge in [-0.05, 0) is 47.2 Å². The van der Waals surface area contributed by atoms with Gasteiger partial charge in [0.15, 0.2) is 0 Å². The van der Waals surface area contributed by atoms with Gasteiger partial charge in [0.25, 0.3) is 5.92 Å². The Hall–Kier alpha value is -1.70. The van der Waals surface area contributed by atoms with Crippen molar-refractivity contribution < 1.29 is 8.78 Å². The molecule has 0 aliphatic heterocycles. The standard InChI is InChI=1S/C17H16F2/c1-3-11-5-7-13-14-8-6-12(4-2)10-16(14)17(18,19)15(13)9-11/h5-10H,3-4H2,1-2H3. The summed E-state index contributed by atoms with van der Waals surface area (Å²) in [5, 5.41) is 0. The SMILES string of the molecule is CCc1ccc2c(c1)C(F)(F)c1cc(CC)ccc1-2. The van der Waals surface area contributed by atoms with Gasteiger partial charge < -0.3 is 0 Å². The highest BCUT2D eigenvalue weighted by Gasteiger charge is 2.44. The van der Waals surface area contributed by atoms with Crippen LogP contribution >= 0.6 is 0 Å². The average Bonchev–Trinajstić information content (AvgIpc) is 2.67. The Morgan fingerprint density at radius 2 is 1.21 bits per heavy atom. The van der Waals surface area contributed by atoms with Crippen LogP contribution in [-0.2, 0) is 18.8 Å². The first-order valence-electron chi connectivity index (χ1n) is 6.73. The fraction of sp³-hybridized carbons (Fsp3) is 0.294. The van der Waals surface area contributed by atoms with Crippen LogP contribution < -0.4 is 0 Å². The molecular weight excluding hydrogens is 242 g/mol. The predicted octanol–water partition coefficient (Wildman–Crippen LogP) is 4.93. The van der Waals surface area contributed by atoms with Gasteiger partial charge in [-0.25, -0.2) is 0 Å². The molecule has 0 amide bonds. The summed E-state index contributed by atoms with van der Waals surface area (Å²) in [6.45, 7) is 3.97. The van der Waals surface area contributed by atoms with Crippen LogP contribution in [0.4, 0.5) is 8.78 Å². The van der Waals surface area contributed by atoms with E-state index in [1.807, 2.05) is 38.1 Å². The summed E-state index contributed by atoms with van der Waals surface area (Å²) in [7, 11) is 0. The number of hydrogen-bond donors (Lipinski definition) is 0. The summed E-state index contributed by atoms with van der Waals surface area (Å²) in [6, 6.07) is 10.9. The maximum atomic E-state index is 14.6. The molecule has 0 unspecified atom stereocenters. The third-order valence-electron chi connectivity index (χ3n) is 3.95. The lowest BCUT2D eigenvalue weighted by molar-refractivity contribution is 0.0478. The number of rotatable bonds is 2. The van der Waals surface area contributed by atoms with Crippen LogP contribution in [0.25, 0.3) is 11.1 Å². The monoisotopic (exact) mass is 258 g/mol. The largest absolute Gasteiger partial charge is 0.299 e. The van der Waals surface area contributed by atoms with Crippen LogP contribution in [0.15, 0.2) is 36.4 Å². The minimum absolute atomic E-state index is 0.162. The Morgan fingerprint density at radius 3 is 1.58 bits per heavy atom. The van der Waals surface area contributed by atoms with E-state index in [0.29, 0.717) is 11.1 Å². The van der Waals surface area contributed by atoms with Gasteiger partial charge in [0.05, 0.1) is 0 Å². The number of halogens is 2. The lowest BCUT2D eigenvalue weighted by Gasteiger charge is -2.13. The van der Waals surface area contributed by atoms with Gasteiger partial charge in [-0.15, -0.1) is 0 Å². The van der Waals surface area contributed by atoms with E-state index in [-0.39, 0.29) is 11.1 Å². The highest BCUT2D eigenvalue weighted by Crippen LogP contribution is 2.51.